The molecule has 3 aliphatic rings. The van der Waals surface area contributed by atoms with Gasteiger partial charge in [-0.3, -0.25) is 4.79 Å². The molecule has 2 unspecified atom stereocenters. The topological polar surface area (TPSA) is 55.4 Å². The minimum atomic E-state index is -0.585. The Labute approximate surface area is 201 Å². The minimum Gasteiger partial charge on any atom is -0.454 e. The number of hydrogen-bond donors (Lipinski definition) is 1. The quantitative estimate of drug-likeness (QED) is 0.299. The smallest absolute Gasteiger partial charge is 0.333 e. The van der Waals surface area contributed by atoms with Gasteiger partial charge >= 0.3 is 5.97 Å². The summed E-state index contributed by atoms with van der Waals surface area (Å²) in [6.45, 7) is 3.13. The summed E-state index contributed by atoms with van der Waals surface area (Å²) < 4.78 is 6.91. The number of anilines is 1. The van der Waals surface area contributed by atoms with Crippen molar-refractivity contribution in [2.75, 3.05) is 31.5 Å². The average Bonchev–Trinajstić information content (AvgIpc) is 2.89. The lowest BCUT2D eigenvalue weighted by atomic mass is 9.82. The molecule has 6 rings (SSSR count). The van der Waals surface area contributed by atoms with Crippen molar-refractivity contribution in [3.8, 4) is 0 Å². The van der Waals surface area contributed by atoms with E-state index in [2.05, 4.69) is 5.32 Å². The molecular formula is C29H31N2O3+. The maximum Gasteiger partial charge on any atom is 0.333 e. The van der Waals surface area contributed by atoms with Gasteiger partial charge < -0.3 is 14.5 Å². The molecule has 3 fully saturated rings. The van der Waals surface area contributed by atoms with Crippen LogP contribution in [0.15, 0.2) is 91.0 Å². The standard InChI is InChI=1S/C29H31N2O3/c32-26(22-10-4-1-5-11-22)20-31-18-16-23(17-19-31)27(21-31)34-29(33)28(24-12-6-2-7-13-24)30-25-14-8-3-9-15-25/h1-15,23,27-28,30H,16-21H2/q+1. The number of quaternary nitrogens is 1. The van der Waals surface area contributed by atoms with Crippen molar-refractivity contribution in [1.29, 1.82) is 0 Å². The molecule has 0 saturated carbocycles. The Hall–Kier alpha value is -3.44. The maximum atomic E-state index is 13.5. The van der Waals surface area contributed by atoms with Gasteiger partial charge in [0.25, 0.3) is 0 Å². The Bertz CT molecular complexity index is 1110. The van der Waals surface area contributed by atoms with Crippen LogP contribution in [-0.2, 0) is 9.53 Å². The van der Waals surface area contributed by atoms with Crippen LogP contribution >= 0.6 is 0 Å². The third kappa shape index (κ3) is 4.90. The van der Waals surface area contributed by atoms with E-state index in [9.17, 15) is 9.59 Å². The van der Waals surface area contributed by atoms with Gasteiger partial charge in [-0.25, -0.2) is 4.79 Å². The highest BCUT2D eigenvalue weighted by molar-refractivity contribution is 5.97. The molecule has 0 radical (unpaired) electrons. The van der Waals surface area contributed by atoms with E-state index in [0.29, 0.717) is 23.5 Å². The predicted octanol–water partition coefficient (Wildman–Crippen LogP) is 4.87. The van der Waals surface area contributed by atoms with Crippen LogP contribution in [-0.4, -0.2) is 48.5 Å². The van der Waals surface area contributed by atoms with Crippen LogP contribution in [0.2, 0.25) is 0 Å². The third-order valence-corrected chi connectivity index (χ3v) is 7.34. The third-order valence-electron chi connectivity index (χ3n) is 7.34. The number of ether oxygens (including phenoxy) is 1. The number of carbonyl (C=O) groups is 2. The molecule has 3 saturated heterocycles. The van der Waals surface area contributed by atoms with Crippen LogP contribution in [0.3, 0.4) is 0 Å². The van der Waals surface area contributed by atoms with Gasteiger partial charge in [0.05, 0.1) is 13.1 Å². The molecule has 5 heteroatoms. The van der Waals surface area contributed by atoms with Crippen LogP contribution in [0, 0.1) is 5.92 Å². The SMILES string of the molecule is O=C(C[N+]12CCC(CC1)C(OC(=O)C(Nc1ccccc1)c1ccccc1)C2)c1ccccc1. The molecule has 3 aromatic rings. The maximum absolute atomic E-state index is 13.5. The second-order valence-electron chi connectivity index (χ2n) is 9.59. The number of carbonyl (C=O) groups excluding carboxylic acids is 2. The van der Waals surface area contributed by atoms with Crippen LogP contribution in [0.4, 0.5) is 5.69 Å². The van der Waals surface area contributed by atoms with E-state index in [1.54, 1.807) is 0 Å². The normalized spacial score (nSPS) is 24.2. The van der Waals surface area contributed by atoms with Crippen molar-refractivity contribution in [3.63, 3.8) is 0 Å². The molecule has 1 N–H and O–H groups in total. The minimum absolute atomic E-state index is 0.164. The summed E-state index contributed by atoms with van der Waals surface area (Å²) in [5.74, 6) is 0.268. The van der Waals surface area contributed by atoms with Gasteiger partial charge in [0.2, 0.25) is 5.78 Å². The zero-order chi connectivity index (χ0) is 23.4. The predicted molar refractivity (Wildman–Crippen MR) is 132 cm³/mol. The van der Waals surface area contributed by atoms with Crippen molar-refractivity contribution < 1.29 is 18.8 Å². The van der Waals surface area contributed by atoms with Crippen molar-refractivity contribution in [2.24, 2.45) is 5.92 Å². The van der Waals surface area contributed by atoms with Gasteiger partial charge in [-0.1, -0.05) is 78.9 Å². The highest BCUT2D eigenvalue weighted by atomic mass is 16.5. The first-order chi connectivity index (χ1) is 16.6. The summed E-state index contributed by atoms with van der Waals surface area (Å²) in [7, 11) is 0. The molecule has 0 aromatic heterocycles. The summed E-state index contributed by atoms with van der Waals surface area (Å²) >= 11 is 0. The Morgan fingerprint density at radius 1 is 0.853 bits per heavy atom. The van der Waals surface area contributed by atoms with Crippen LogP contribution in [0.1, 0.15) is 34.8 Å². The molecular weight excluding hydrogens is 424 g/mol. The summed E-state index contributed by atoms with van der Waals surface area (Å²) in [4.78, 5) is 26.5. The number of para-hydroxylation sites is 1. The van der Waals surface area contributed by atoms with E-state index in [-0.39, 0.29) is 17.9 Å². The number of rotatable bonds is 8. The van der Waals surface area contributed by atoms with Gasteiger partial charge in [-0.2, -0.15) is 0 Å². The monoisotopic (exact) mass is 455 g/mol. The number of Topliss-reactive ketones (excluding diaryl/α,β-unsaturated/α-hetero) is 1. The molecule has 3 aliphatic heterocycles. The number of esters is 1. The zero-order valence-corrected chi connectivity index (χ0v) is 19.3. The summed E-state index contributed by atoms with van der Waals surface area (Å²) in [6, 6.07) is 28.4. The Morgan fingerprint density at radius 3 is 2.09 bits per heavy atom. The van der Waals surface area contributed by atoms with E-state index >= 15 is 0 Å². The number of fused-ring (bicyclic) bond motifs is 3. The lowest BCUT2D eigenvalue weighted by Gasteiger charge is -2.51. The van der Waals surface area contributed by atoms with E-state index in [1.807, 2.05) is 91.0 Å². The fraction of sp³-hybridized carbons (Fsp3) is 0.310. The molecule has 2 atom stereocenters. The number of nitrogens with zero attached hydrogens (tertiary/aromatic N) is 1. The Balaban J connectivity index is 1.31. The van der Waals surface area contributed by atoms with Gasteiger partial charge in [-0.05, 0) is 17.7 Å². The van der Waals surface area contributed by atoms with Gasteiger partial charge in [-0.15, -0.1) is 0 Å². The molecule has 174 valence electrons. The molecule has 0 amide bonds. The van der Waals surface area contributed by atoms with Crippen LogP contribution in [0.25, 0.3) is 0 Å². The van der Waals surface area contributed by atoms with Crippen molar-refractivity contribution in [2.45, 2.75) is 25.0 Å². The molecule has 3 heterocycles. The van der Waals surface area contributed by atoms with Crippen molar-refractivity contribution >= 4 is 17.4 Å². The first kappa shape index (κ1) is 22.4. The highest BCUT2D eigenvalue weighted by Crippen LogP contribution is 2.36. The Morgan fingerprint density at radius 2 is 1.44 bits per heavy atom. The van der Waals surface area contributed by atoms with Crippen LogP contribution < -0.4 is 5.32 Å². The second kappa shape index (κ2) is 9.82. The molecule has 3 aromatic carbocycles. The number of benzene rings is 3. The number of hydrogen-bond acceptors (Lipinski definition) is 4. The number of nitrogens with one attached hydrogen (secondary N) is 1. The van der Waals surface area contributed by atoms with E-state index in [0.717, 1.165) is 42.7 Å². The number of piperidine rings is 3. The molecule has 0 aliphatic carbocycles. The summed E-state index contributed by atoms with van der Waals surface area (Å²) in [6.07, 6.45) is 1.81. The fourth-order valence-electron chi connectivity index (χ4n) is 5.44. The summed E-state index contributed by atoms with van der Waals surface area (Å²) in [5, 5.41) is 3.36. The Kier molecular flexibility index (Phi) is 6.45. The highest BCUT2D eigenvalue weighted by Gasteiger charge is 2.49. The average molecular weight is 456 g/mol. The fourth-order valence-corrected chi connectivity index (χ4v) is 5.44. The lowest BCUT2D eigenvalue weighted by Crippen LogP contribution is -2.65. The molecule has 34 heavy (non-hydrogen) atoms. The van der Waals surface area contributed by atoms with Gasteiger partial charge in [0, 0.05) is 30.0 Å². The van der Waals surface area contributed by atoms with Gasteiger partial charge in [0.1, 0.15) is 13.1 Å². The van der Waals surface area contributed by atoms with E-state index < -0.39 is 6.04 Å². The van der Waals surface area contributed by atoms with E-state index in [4.69, 9.17) is 4.74 Å². The first-order valence-electron chi connectivity index (χ1n) is 12.1. The van der Waals surface area contributed by atoms with Crippen LogP contribution in [0.5, 0.6) is 0 Å². The summed E-state index contributed by atoms with van der Waals surface area (Å²) in [5.41, 5.74) is 2.51. The van der Waals surface area contributed by atoms with Crippen molar-refractivity contribution in [1.82, 2.24) is 0 Å². The largest absolute Gasteiger partial charge is 0.454 e. The molecule has 2 bridgehead atoms. The molecule has 0 spiro atoms. The van der Waals surface area contributed by atoms with E-state index in [1.165, 1.54) is 0 Å². The second-order valence-corrected chi connectivity index (χ2v) is 9.59. The number of ketones is 1. The van der Waals surface area contributed by atoms with Gasteiger partial charge in [0.15, 0.2) is 12.1 Å². The van der Waals surface area contributed by atoms with Crippen molar-refractivity contribution in [3.05, 3.63) is 102 Å². The zero-order valence-electron chi connectivity index (χ0n) is 19.3. The first-order valence-corrected chi connectivity index (χ1v) is 12.1. The lowest BCUT2D eigenvalue weighted by molar-refractivity contribution is -0.938. The molecule has 5 nitrogen and oxygen atoms in total.